The topological polar surface area (TPSA) is 81.7 Å². The van der Waals surface area contributed by atoms with Crippen LogP contribution in [0.4, 0.5) is 4.39 Å². The second-order valence-electron chi connectivity index (χ2n) is 7.36. The summed E-state index contributed by atoms with van der Waals surface area (Å²) in [6.45, 7) is -0.260. The summed E-state index contributed by atoms with van der Waals surface area (Å²) >= 11 is 0. The standard InChI is InChI=1S/C25H20FNO5/c26-20-9-6-16(7-10-20)14-27-23(28)15-31-24(29)18-8-11-21-19(12-18)13-22(32-25(21)30)17-4-2-1-3-5-17/h1-12,22H,13-15H2,(H,27,28). The van der Waals surface area contributed by atoms with Gasteiger partial charge >= 0.3 is 11.9 Å². The highest BCUT2D eigenvalue weighted by Gasteiger charge is 2.28. The first kappa shape index (κ1) is 21.2. The van der Waals surface area contributed by atoms with Crippen LogP contribution in [0.15, 0.2) is 72.8 Å². The summed E-state index contributed by atoms with van der Waals surface area (Å²) < 4.78 is 23.5. The minimum Gasteiger partial charge on any atom is -0.454 e. The van der Waals surface area contributed by atoms with Gasteiger partial charge in [-0.2, -0.15) is 0 Å². The van der Waals surface area contributed by atoms with Crippen molar-refractivity contribution in [3.63, 3.8) is 0 Å². The van der Waals surface area contributed by atoms with E-state index in [1.165, 1.54) is 24.3 Å². The quantitative estimate of drug-likeness (QED) is 0.599. The van der Waals surface area contributed by atoms with Crippen LogP contribution < -0.4 is 5.32 Å². The number of ether oxygens (including phenoxy) is 2. The molecule has 0 spiro atoms. The fraction of sp³-hybridized carbons (Fsp3) is 0.160. The lowest BCUT2D eigenvalue weighted by molar-refractivity contribution is -0.124. The zero-order chi connectivity index (χ0) is 22.5. The molecular formula is C25H20FNO5. The second-order valence-corrected chi connectivity index (χ2v) is 7.36. The maximum Gasteiger partial charge on any atom is 0.339 e. The molecule has 0 saturated carbocycles. The number of halogens is 1. The number of fused-ring (bicyclic) bond motifs is 1. The molecule has 1 aliphatic heterocycles. The summed E-state index contributed by atoms with van der Waals surface area (Å²) in [5.74, 6) is -1.95. The molecule has 32 heavy (non-hydrogen) atoms. The van der Waals surface area contributed by atoms with Gasteiger partial charge in [0.2, 0.25) is 0 Å². The fourth-order valence-electron chi connectivity index (χ4n) is 3.44. The zero-order valence-electron chi connectivity index (χ0n) is 17.0. The number of nitrogens with one attached hydrogen (secondary N) is 1. The molecule has 3 aromatic rings. The number of hydrogen-bond donors (Lipinski definition) is 1. The Labute approximate surface area is 184 Å². The number of carbonyl (C=O) groups excluding carboxylic acids is 3. The number of hydrogen-bond acceptors (Lipinski definition) is 5. The van der Waals surface area contributed by atoms with Crippen LogP contribution in [0.1, 0.15) is 43.5 Å². The number of carbonyl (C=O) groups is 3. The second kappa shape index (κ2) is 9.43. The Morgan fingerprint density at radius 1 is 1.03 bits per heavy atom. The average Bonchev–Trinajstić information content (AvgIpc) is 2.82. The first-order chi connectivity index (χ1) is 15.5. The Kier molecular flexibility index (Phi) is 6.26. The number of cyclic esters (lactones) is 1. The van der Waals surface area contributed by atoms with Gasteiger partial charge in [-0.05, 0) is 47.0 Å². The third kappa shape index (κ3) is 5.00. The Morgan fingerprint density at radius 3 is 2.53 bits per heavy atom. The van der Waals surface area contributed by atoms with Crippen molar-refractivity contribution >= 4 is 17.8 Å². The highest BCUT2D eigenvalue weighted by atomic mass is 19.1. The van der Waals surface area contributed by atoms with Crippen LogP contribution in [0, 0.1) is 5.82 Å². The predicted octanol–water partition coefficient (Wildman–Crippen LogP) is 3.75. The van der Waals surface area contributed by atoms with Gasteiger partial charge in [0.05, 0.1) is 11.1 Å². The van der Waals surface area contributed by atoms with Gasteiger partial charge in [-0.25, -0.2) is 14.0 Å². The third-order valence-electron chi connectivity index (χ3n) is 5.12. The van der Waals surface area contributed by atoms with Gasteiger partial charge in [-0.15, -0.1) is 0 Å². The van der Waals surface area contributed by atoms with Gasteiger partial charge in [-0.3, -0.25) is 4.79 Å². The van der Waals surface area contributed by atoms with E-state index < -0.39 is 30.6 Å². The summed E-state index contributed by atoms with van der Waals surface area (Å²) in [5.41, 5.74) is 2.94. The van der Waals surface area contributed by atoms with E-state index in [9.17, 15) is 18.8 Å². The first-order valence-electron chi connectivity index (χ1n) is 10.1. The van der Waals surface area contributed by atoms with Gasteiger partial charge in [0.15, 0.2) is 6.61 Å². The first-order valence-corrected chi connectivity index (χ1v) is 10.1. The van der Waals surface area contributed by atoms with Crippen LogP contribution in [-0.2, 0) is 27.2 Å². The van der Waals surface area contributed by atoms with Gasteiger partial charge in [0.1, 0.15) is 11.9 Å². The van der Waals surface area contributed by atoms with Gasteiger partial charge < -0.3 is 14.8 Å². The molecule has 1 N–H and O–H groups in total. The van der Waals surface area contributed by atoms with E-state index in [-0.39, 0.29) is 17.9 Å². The van der Waals surface area contributed by atoms with Crippen LogP contribution >= 0.6 is 0 Å². The number of esters is 2. The predicted molar refractivity (Wildman–Crippen MR) is 113 cm³/mol. The van der Waals surface area contributed by atoms with Crippen molar-refractivity contribution in [2.24, 2.45) is 0 Å². The van der Waals surface area contributed by atoms with E-state index in [0.29, 0.717) is 17.5 Å². The van der Waals surface area contributed by atoms with Crippen molar-refractivity contribution in [2.45, 2.75) is 19.1 Å². The van der Waals surface area contributed by atoms with E-state index >= 15 is 0 Å². The maximum atomic E-state index is 12.9. The van der Waals surface area contributed by atoms with Gasteiger partial charge in [0, 0.05) is 13.0 Å². The van der Waals surface area contributed by atoms with E-state index in [1.807, 2.05) is 30.3 Å². The molecule has 0 saturated heterocycles. The molecule has 162 valence electrons. The molecule has 1 unspecified atom stereocenters. The molecule has 3 aromatic carbocycles. The lowest BCUT2D eigenvalue weighted by Crippen LogP contribution is -2.28. The summed E-state index contributed by atoms with van der Waals surface area (Å²) in [4.78, 5) is 36.8. The van der Waals surface area contributed by atoms with E-state index in [0.717, 1.165) is 11.1 Å². The Balaban J connectivity index is 1.36. The number of amides is 1. The molecule has 1 amide bonds. The molecular weight excluding hydrogens is 413 g/mol. The minimum atomic E-state index is -0.667. The molecule has 6 nitrogen and oxygen atoms in total. The molecule has 0 fully saturated rings. The summed E-state index contributed by atoms with van der Waals surface area (Å²) in [6, 6.07) is 19.7. The van der Waals surface area contributed by atoms with E-state index in [4.69, 9.17) is 9.47 Å². The number of rotatable bonds is 6. The summed E-state index contributed by atoms with van der Waals surface area (Å²) in [5, 5.41) is 2.61. The molecule has 1 heterocycles. The van der Waals surface area contributed by atoms with Crippen LogP contribution in [0.2, 0.25) is 0 Å². The Morgan fingerprint density at radius 2 is 1.78 bits per heavy atom. The van der Waals surface area contributed by atoms with Crippen molar-refractivity contribution in [3.8, 4) is 0 Å². The maximum absolute atomic E-state index is 12.9. The van der Waals surface area contributed by atoms with E-state index in [2.05, 4.69) is 5.32 Å². The SMILES string of the molecule is O=C(COC(=O)c1ccc2c(c1)CC(c1ccccc1)OC2=O)NCc1ccc(F)cc1. The highest BCUT2D eigenvalue weighted by molar-refractivity contribution is 5.96. The van der Waals surface area contributed by atoms with Crippen LogP contribution in [-0.4, -0.2) is 24.5 Å². The van der Waals surface area contributed by atoms with Crippen molar-refractivity contribution in [1.29, 1.82) is 0 Å². The van der Waals surface area contributed by atoms with E-state index in [1.54, 1.807) is 18.2 Å². The third-order valence-corrected chi connectivity index (χ3v) is 5.12. The van der Waals surface area contributed by atoms with Crippen LogP contribution in [0.3, 0.4) is 0 Å². The van der Waals surface area contributed by atoms with Crippen LogP contribution in [0.5, 0.6) is 0 Å². The average molecular weight is 433 g/mol. The summed E-state index contributed by atoms with van der Waals surface area (Å²) in [6.07, 6.45) is 0.00406. The molecule has 7 heteroatoms. The minimum absolute atomic E-state index is 0.193. The Hall–Kier alpha value is -4.00. The van der Waals surface area contributed by atoms with Crippen molar-refractivity contribution in [2.75, 3.05) is 6.61 Å². The molecule has 1 atom stereocenters. The molecule has 1 aliphatic rings. The molecule has 4 rings (SSSR count). The number of benzene rings is 3. The van der Waals surface area contributed by atoms with Crippen molar-refractivity contribution < 1.29 is 28.2 Å². The fourth-order valence-corrected chi connectivity index (χ4v) is 3.44. The van der Waals surface area contributed by atoms with Crippen LogP contribution in [0.25, 0.3) is 0 Å². The Bertz CT molecular complexity index is 1140. The van der Waals surface area contributed by atoms with Crippen molar-refractivity contribution in [1.82, 2.24) is 5.32 Å². The monoisotopic (exact) mass is 433 g/mol. The molecule has 0 aliphatic carbocycles. The lowest BCUT2D eigenvalue weighted by atomic mass is 9.93. The molecule has 0 bridgehead atoms. The lowest BCUT2D eigenvalue weighted by Gasteiger charge is -2.25. The zero-order valence-corrected chi connectivity index (χ0v) is 17.0. The normalized spacial score (nSPS) is 14.8. The molecule has 0 aromatic heterocycles. The van der Waals surface area contributed by atoms with Gasteiger partial charge in [0.25, 0.3) is 5.91 Å². The smallest absolute Gasteiger partial charge is 0.339 e. The summed E-state index contributed by atoms with van der Waals surface area (Å²) in [7, 11) is 0. The largest absolute Gasteiger partial charge is 0.454 e. The van der Waals surface area contributed by atoms with Crippen molar-refractivity contribution in [3.05, 3.63) is 106 Å². The highest BCUT2D eigenvalue weighted by Crippen LogP contribution is 2.31. The molecule has 0 radical (unpaired) electrons. The van der Waals surface area contributed by atoms with Gasteiger partial charge in [-0.1, -0.05) is 42.5 Å².